The summed E-state index contributed by atoms with van der Waals surface area (Å²) < 4.78 is 29.0. The Bertz CT molecular complexity index is 1630. The van der Waals surface area contributed by atoms with Crippen LogP contribution >= 0.6 is 0 Å². The molecule has 3 aromatic heterocycles. The molecule has 46 heavy (non-hydrogen) atoms. The number of aromatic nitrogens is 5. The van der Waals surface area contributed by atoms with E-state index in [9.17, 15) is 0 Å². The fraction of sp³-hybridized carbons (Fsp3) is 0.529. The zero-order chi connectivity index (χ0) is 33.5. The van der Waals surface area contributed by atoms with Crippen molar-refractivity contribution in [2.45, 2.75) is 109 Å². The average molecular weight is 663 g/mol. The van der Waals surface area contributed by atoms with Gasteiger partial charge in [0.2, 0.25) is 11.8 Å². The lowest BCUT2D eigenvalue weighted by Gasteiger charge is -2.40. The molecule has 0 unspecified atom stereocenters. The first-order chi connectivity index (χ1) is 21.5. The van der Waals surface area contributed by atoms with Crippen molar-refractivity contribution in [2.24, 2.45) is 0 Å². The van der Waals surface area contributed by atoms with Crippen molar-refractivity contribution in [3.05, 3.63) is 60.4 Å². The van der Waals surface area contributed by atoms with E-state index in [1.807, 2.05) is 47.0 Å². The van der Waals surface area contributed by atoms with Gasteiger partial charge >= 0.3 is 0 Å². The summed E-state index contributed by atoms with van der Waals surface area (Å²) in [4.78, 5) is 18.4. The fourth-order valence-electron chi connectivity index (χ4n) is 4.96. The zero-order valence-electron chi connectivity index (χ0n) is 29.0. The van der Waals surface area contributed by atoms with Crippen molar-refractivity contribution in [1.29, 1.82) is 0 Å². The quantitative estimate of drug-likeness (QED) is 0.170. The van der Waals surface area contributed by atoms with Gasteiger partial charge in [-0.15, -0.1) is 0 Å². The van der Waals surface area contributed by atoms with Crippen molar-refractivity contribution >= 4 is 33.7 Å². The van der Waals surface area contributed by atoms with Crippen LogP contribution in [0.3, 0.4) is 0 Å². The Labute approximate surface area is 275 Å². The third-order valence-electron chi connectivity index (χ3n) is 9.82. The van der Waals surface area contributed by atoms with Crippen LogP contribution in [0.5, 0.6) is 5.88 Å². The highest BCUT2D eigenvalue weighted by Crippen LogP contribution is 2.44. The van der Waals surface area contributed by atoms with Crippen LogP contribution in [0.15, 0.2) is 54.9 Å². The summed E-state index contributed by atoms with van der Waals surface area (Å²) in [6.07, 6.45) is 3.22. The summed E-state index contributed by atoms with van der Waals surface area (Å²) in [6, 6.07) is 13.8. The molecule has 1 aliphatic heterocycles. The van der Waals surface area contributed by atoms with Crippen molar-refractivity contribution in [1.82, 2.24) is 24.5 Å². The predicted molar refractivity (Wildman–Crippen MR) is 187 cm³/mol. The first-order valence-electron chi connectivity index (χ1n) is 16.1. The molecule has 248 valence electrons. The molecule has 4 aromatic rings. The van der Waals surface area contributed by atoms with Crippen LogP contribution in [-0.4, -0.2) is 60.0 Å². The smallest absolute Gasteiger partial charge is 0.247 e. The second kappa shape index (κ2) is 12.8. The molecule has 4 heterocycles. The van der Waals surface area contributed by atoms with Gasteiger partial charge in [0.25, 0.3) is 0 Å². The molecule has 0 radical (unpaired) electrons. The Balaban J connectivity index is 1.57. The van der Waals surface area contributed by atoms with E-state index in [0.717, 1.165) is 11.1 Å². The molecule has 0 bridgehead atoms. The molecule has 5 rings (SSSR count). The minimum atomic E-state index is -2.15. The first-order valence-corrected chi connectivity index (χ1v) is 21.9. The summed E-state index contributed by atoms with van der Waals surface area (Å²) in [5, 5.41) is 0.104. The Morgan fingerprint density at radius 2 is 1.54 bits per heavy atom. The van der Waals surface area contributed by atoms with Crippen molar-refractivity contribution < 1.29 is 18.3 Å². The molecule has 1 fully saturated rings. The Hall–Kier alpha value is -3.17. The Morgan fingerprint density at radius 3 is 2.17 bits per heavy atom. The van der Waals surface area contributed by atoms with Crippen LogP contribution in [0.1, 0.15) is 59.8 Å². The molecule has 0 amide bonds. The number of ether oxygens (including phenoxy) is 2. The van der Waals surface area contributed by atoms with Gasteiger partial charge in [-0.3, -0.25) is 9.55 Å². The molecule has 1 saturated heterocycles. The number of hydrogen-bond acceptors (Lipinski definition) is 9. The monoisotopic (exact) mass is 662 g/mol. The lowest BCUT2D eigenvalue weighted by atomic mass is 10.2. The number of nitrogens with two attached hydrogens (primary N) is 1. The van der Waals surface area contributed by atoms with E-state index in [-0.39, 0.29) is 28.2 Å². The van der Waals surface area contributed by atoms with E-state index in [2.05, 4.69) is 77.7 Å². The van der Waals surface area contributed by atoms with Crippen molar-refractivity contribution in [3.63, 3.8) is 0 Å². The Kier molecular flexibility index (Phi) is 9.51. The van der Waals surface area contributed by atoms with Crippen LogP contribution in [0.4, 0.5) is 5.95 Å². The third kappa shape index (κ3) is 7.20. The fourth-order valence-corrected chi connectivity index (χ4v) is 7.34. The maximum atomic E-state index is 7.07. The van der Waals surface area contributed by atoms with Crippen molar-refractivity contribution in [3.8, 4) is 17.3 Å². The van der Waals surface area contributed by atoms with Gasteiger partial charge in [0.15, 0.2) is 27.8 Å². The molecule has 0 saturated carbocycles. The zero-order valence-corrected chi connectivity index (χ0v) is 31.0. The van der Waals surface area contributed by atoms with Gasteiger partial charge in [0.1, 0.15) is 24.8 Å². The summed E-state index contributed by atoms with van der Waals surface area (Å²) in [6.45, 7) is 23.4. The number of nitrogens with zero attached hydrogens (tertiary/aromatic N) is 5. The van der Waals surface area contributed by atoms with Gasteiger partial charge in [-0.1, -0.05) is 71.9 Å². The number of benzene rings is 1. The lowest BCUT2D eigenvalue weighted by Crippen LogP contribution is -2.48. The molecule has 1 aromatic carbocycles. The molecular formula is C34H50N6O4Si2. The first kappa shape index (κ1) is 34.2. The summed E-state index contributed by atoms with van der Waals surface area (Å²) in [7, 11) is -4.20. The highest BCUT2D eigenvalue weighted by Gasteiger charge is 2.47. The average Bonchev–Trinajstić information content (AvgIpc) is 3.55. The van der Waals surface area contributed by atoms with E-state index >= 15 is 0 Å². The maximum absolute atomic E-state index is 7.07. The van der Waals surface area contributed by atoms with Crippen LogP contribution in [-0.2, 0) is 20.2 Å². The molecule has 0 spiro atoms. The minimum Gasteiger partial charge on any atom is -0.471 e. The van der Waals surface area contributed by atoms with Crippen LogP contribution in [0.25, 0.3) is 22.6 Å². The van der Waals surface area contributed by atoms with E-state index in [4.69, 9.17) is 34.0 Å². The molecule has 0 aliphatic carbocycles. The number of nitrogen functional groups attached to an aromatic ring is 1. The predicted octanol–water partition coefficient (Wildman–Crippen LogP) is 7.75. The minimum absolute atomic E-state index is 0.0342. The van der Waals surface area contributed by atoms with Gasteiger partial charge in [-0.25, -0.2) is 4.98 Å². The number of fused-ring (bicyclic) bond motifs is 1. The second-order valence-corrected chi connectivity index (χ2v) is 24.8. The molecule has 2 N–H and O–H groups in total. The lowest BCUT2D eigenvalue weighted by molar-refractivity contribution is -0.0378. The molecular weight excluding hydrogens is 613 g/mol. The number of hydrogen-bond donors (Lipinski definition) is 1. The third-order valence-corrected chi connectivity index (χ3v) is 18.8. The standard InChI is InChI=1S/C34H50N6O4Si2/c1-33(2,3)45(7,8)42-22-26-25(44-46(9,10)34(4,5)6)20-27(43-26)40-29(24-16-18-36-19-17-24)37-28-30(40)38-32(35)39-31(28)41-21-23-14-12-11-13-15-23/h11-19,25-27H,20-22H2,1-10H3,(H2,35,38,39)/t25-,26+,27+/m0/s1. The molecule has 3 atom stereocenters. The van der Waals surface area contributed by atoms with E-state index in [0.29, 0.717) is 42.5 Å². The largest absolute Gasteiger partial charge is 0.471 e. The SMILES string of the molecule is CC(C)(C)[Si](C)(C)OC[C@H]1O[C@@H](n2c(-c3ccncc3)nc3c(OCc4ccccc4)nc(N)nc32)C[C@@H]1O[Si](C)(C)C(C)(C)C. The molecule has 10 nitrogen and oxygen atoms in total. The van der Waals surface area contributed by atoms with Crippen molar-refractivity contribution in [2.75, 3.05) is 12.3 Å². The van der Waals surface area contributed by atoms with Gasteiger partial charge in [-0.05, 0) is 54.0 Å². The van der Waals surface area contributed by atoms with Gasteiger partial charge < -0.3 is 24.1 Å². The molecule has 1 aliphatic rings. The highest BCUT2D eigenvalue weighted by molar-refractivity contribution is 6.74. The number of imidazole rings is 1. The normalized spacial score (nSPS) is 19.6. The maximum Gasteiger partial charge on any atom is 0.247 e. The van der Waals surface area contributed by atoms with Gasteiger partial charge in [0.05, 0.1) is 12.7 Å². The number of rotatable bonds is 10. The number of pyridine rings is 1. The summed E-state index contributed by atoms with van der Waals surface area (Å²) >= 11 is 0. The van der Waals surface area contributed by atoms with Gasteiger partial charge in [-0.2, -0.15) is 9.97 Å². The molecule has 12 heteroatoms. The van der Waals surface area contributed by atoms with Crippen LogP contribution < -0.4 is 10.5 Å². The van der Waals surface area contributed by atoms with Crippen LogP contribution in [0, 0.1) is 0 Å². The van der Waals surface area contributed by atoms with Crippen LogP contribution in [0.2, 0.25) is 36.3 Å². The number of anilines is 1. The van der Waals surface area contributed by atoms with Gasteiger partial charge in [0, 0.05) is 24.4 Å². The van der Waals surface area contributed by atoms with E-state index in [1.54, 1.807) is 12.4 Å². The highest BCUT2D eigenvalue weighted by atomic mass is 28.4. The van der Waals surface area contributed by atoms with E-state index < -0.39 is 22.9 Å². The summed E-state index contributed by atoms with van der Waals surface area (Å²) in [5.74, 6) is 1.09. The van der Waals surface area contributed by atoms with E-state index in [1.165, 1.54) is 0 Å². The second-order valence-electron chi connectivity index (χ2n) is 15.2. The summed E-state index contributed by atoms with van der Waals surface area (Å²) in [5.41, 5.74) is 9.24. The topological polar surface area (TPSA) is 119 Å². The Morgan fingerprint density at radius 1 is 0.891 bits per heavy atom.